The van der Waals surface area contributed by atoms with E-state index in [4.69, 9.17) is 5.73 Å². The Morgan fingerprint density at radius 3 is 2.36 bits per heavy atom. The Morgan fingerprint density at radius 1 is 1.36 bits per heavy atom. The highest BCUT2D eigenvalue weighted by atomic mass is 14.9. The number of hydrogen-bond acceptors (Lipinski definition) is 3. The van der Waals surface area contributed by atoms with Gasteiger partial charge in [0.25, 0.3) is 0 Å². The van der Waals surface area contributed by atoms with Gasteiger partial charge in [-0.15, -0.1) is 0 Å². The van der Waals surface area contributed by atoms with E-state index in [0.29, 0.717) is 5.82 Å². The van der Waals surface area contributed by atoms with Crippen LogP contribution in [0, 0.1) is 13.8 Å². The van der Waals surface area contributed by atoms with E-state index in [0.717, 1.165) is 17.8 Å². The number of nitrogens with zero attached hydrogens (tertiary/aromatic N) is 1. The number of anilines is 1. The topological polar surface area (TPSA) is 50.9 Å². The van der Waals surface area contributed by atoms with Gasteiger partial charge >= 0.3 is 0 Å². The molecule has 0 aliphatic heterocycles. The number of aryl methyl sites for hydroxylation is 2. The number of rotatable bonds is 2. The molecule has 0 aliphatic carbocycles. The van der Waals surface area contributed by atoms with Crippen molar-refractivity contribution in [3.63, 3.8) is 0 Å². The molecule has 1 aromatic heterocycles. The summed E-state index contributed by atoms with van der Waals surface area (Å²) in [7, 11) is 1.90. The lowest BCUT2D eigenvalue weighted by Crippen LogP contribution is -2.11. The molecule has 0 saturated heterocycles. The van der Waals surface area contributed by atoms with Crippen molar-refractivity contribution < 1.29 is 0 Å². The second-order valence-electron chi connectivity index (χ2n) is 2.97. The first-order chi connectivity index (χ1) is 6.65. The number of nitrogens with one attached hydrogen (secondary N) is 1. The van der Waals surface area contributed by atoms with Gasteiger partial charge in [0, 0.05) is 17.8 Å². The molecule has 0 amide bonds. The zero-order chi connectivity index (χ0) is 11.1. The maximum Gasteiger partial charge on any atom is 0.128 e. The van der Waals surface area contributed by atoms with Crippen LogP contribution < -0.4 is 11.1 Å². The highest BCUT2D eigenvalue weighted by molar-refractivity contribution is 5.45. The molecule has 3 heteroatoms. The standard InChI is InChI=1S/C9H15N3.C2H6/c1-6-4-7(2)12-9(10)8(6)5-11-3;1-2/h4,11H,5H2,1-3H3,(H2,10,12);1-2H3. The lowest BCUT2D eigenvalue weighted by molar-refractivity contribution is 0.808. The lowest BCUT2D eigenvalue weighted by Gasteiger charge is -2.08. The Kier molecular flexibility index (Phi) is 5.88. The van der Waals surface area contributed by atoms with E-state index in [2.05, 4.69) is 17.2 Å². The molecule has 3 N–H and O–H groups in total. The second-order valence-corrected chi connectivity index (χ2v) is 2.97. The van der Waals surface area contributed by atoms with Gasteiger partial charge < -0.3 is 11.1 Å². The zero-order valence-electron chi connectivity index (χ0n) is 9.81. The molecule has 0 saturated carbocycles. The van der Waals surface area contributed by atoms with E-state index < -0.39 is 0 Å². The van der Waals surface area contributed by atoms with Crippen LogP contribution in [0.15, 0.2) is 6.07 Å². The Hall–Kier alpha value is -1.09. The average Bonchev–Trinajstić information content (AvgIpc) is 2.14. The molecule has 1 rings (SSSR count). The third-order valence-corrected chi connectivity index (χ3v) is 1.86. The van der Waals surface area contributed by atoms with Crippen molar-refractivity contribution >= 4 is 5.82 Å². The largest absolute Gasteiger partial charge is 0.383 e. The lowest BCUT2D eigenvalue weighted by atomic mass is 10.1. The molecule has 1 heterocycles. The van der Waals surface area contributed by atoms with Gasteiger partial charge in [0.05, 0.1) is 0 Å². The van der Waals surface area contributed by atoms with Gasteiger partial charge in [-0.2, -0.15) is 0 Å². The van der Waals surface area contributed by atoms with Crippen LogP contribution in [0.5, 0.6) is 0 Å². The minimum absolute atomic E-state index is 0.641. The first-order valence-electron chi connectivity index (χ1n) is 5.02. The van der Waals surface area contributed by atoms with E-state index >= 15 is 0 Å². The van der Waals surface area contributed by atoms with Crippen molar-refractivity contribution in [3.8, 4) is 0 Å². The summed E-state index contributed by atoms with van der Waals surface area (Å²) < 4.78 is 0. The third-order valence-electron chi connectivity index (χ3n) is 1.86. The number of nitrogen functional groups attached to an aromatic ring is 1. The summed E-state index contributed by atoms with van der Waals surface area (Å²) in [5.74, 6) is 0.641. The molecule has 0 atom stereocenters. The van der Waals surface area contributed by atoms with Crippen molar-refractivity contribution in [1.82, 2.24) is 10.3 Å². The van der Waals surface area contributed by atoms with Crippen LogP contribution >= 0.6 is 0 Å². The van der Waals surface area contributed by atoms with E-state index in [9.17, 15) is 0 Å². The Bertz CT molecular complexity index is 259. The molecular weight excluding hydrogens is 174 g/mol. The number of hydrogen-bond donors (Lipinski definition) is 2. The first kappa shape index (κ1) is 12.9. The molecule has 0 radical (unpaired) electrons. The molecule has 0 aliphatic rings. The van der Waals surface area contributed by atoms with Crippen molar-refractivity contribution in [2.75, 3.05) is 12.8 Å². The van der Waals surface area contributed by atoms with Crippen molar-refractivity contribution in [3.05, 3.63) is 22.9 Å². The van der Waals surface area contributed by atoms with Crippen molar-refractivity contribution in [2.24, 2.45) is 0 Å². The number of pyridine rings is 1. The second kappa shape index (κ2) is 6.38. The first-order valence-corrected chi connectivity index (χ1v) is 5.02. The van der Waals surface area contributed by atoms with Gasteiger partial charge in [0.15, 0.2) is 0 Å². The van der Waals surface area contributed by atoms with Crippen LogP contribution in [-0.2, 0) is 6.54 Å². The predicted molar refractivity (Wildman–Crippen MR) is 62.2 cm³/mol. The average molecular weight is 195 g/mol. The smallest absolute Gasteiger partial charge is 0.128 e. The fourth-order valence-corrected chi connectivity index (χ4v) is 1.30. The predicted octanol–water partition coefficient (Wildman–Crippen LogP) is 2.03. The number of nitrogens with two attached hydrogens (primary N) is 1. The van der Waals surface area contributed by atoms with E-state index in [1.807, 2.05) is 33.9 Å². The maximum atomic E-state index is 5.76. The molecular formula is C11H21N3. The normalized spacial score (nSPS) is 9.21. The molecule has 0 aromatic carbocycles. The highest BCUT2D eigenvalue weighted by Gasteiger charge is 2.03. The van der Waals surface area contributed by atoms with Gasteiger partial charge in [-0.25, -0.2) is 4.98 Å². The fourth-order valence-electron chi connectivity index (χ4n) is 1.30. The van der Waals surface area contributed by atoms with E-state index in [1.165, 1.54) is 5.56 Å². The zero-order valence-corrected chi connectivity index (χ0v) is 9.81. The van der Waals surface area contributed by atoms with Crippen LogP contribution in [0.2, 0.25) is 0 Å². The summed E-state index contributed by atoms with van der Waals surface area (Å²) in [5.41, 5.74) is 9.04. The van der Waals surface area contributed by atoms with Crippen LogP contribution in [0.4, 0.5) is 5.82 Å². The minimum Gasteiger partial charge on any atom is -0.383 e. The summed E-state index contributed by atoms with van der Waals surface area (Å²) in [4.78, 5) is 4.19. The molecule has 0 fully saturated rings. The summed E-state index contributed by atoms with van der Waals surface area (Å²) in [6, 6.07) is 2.04. The molecule has 80 valence electrons. The Morgan fingerprint density at radius 2 is 1.93 bits per heavy atom. The summed E-state index contributed by atoms with van der Waals surface area (Å²) in [5, 5.41) is 3.07. The van der Waals surface area contributed by atoms with E-state index in [-0.39, 0.29) is 0 Å². The molecule has 14 heavy (non-hydrogen) atoms. The minimum atomic E-state index is 0.641. The summed E-state index contributed by atoms with van der Waals surface area (Å²) in [6.45, 7) is 8.79. The molecule has 0 bridgehead atoms. The van der Waals surface area contributed by atoms with Crippen molar-refractivity contribution in [1.29, 1.82) is 0 Å². The summed E-state index contributed by atoms with van der Waals surface area (Å²) in [6.07, 6.45) is 0. The van der Waals surface area contributed by atoms with Gasteiger partial charge in [0.1, 0.15) is 5.82 Å². The summed E-state index contributed by atoms with van der Waals surface area (Å²) >= 11 is 0. The van der Waals surface area contributed by atoms with Gasteiger partial charge in [-0.3, -0.25) is 0 Å². The Labute approximate surface area is 86.7 Å². The van der Waals surface area contributed by atoms with Gasteiger partial charge in [0.2, 0.25) is 0 Å². The Balaban J connectivity index is 0.000000791. The van der Waals surface area contributed by atoms with Gasteiger partial charge in [-0.05, 0) is 32.5 Å². The third kappa shape index (κ3) is 3.34. The number of aromatic nitrogens is 1. The van der Waals surface area contributed by atoms with Crippen LogP contribution in [0.3, 0.4) is 0 Å². The molecule has 0 spiro atoms. The quantitative estimate of drug-likeness (QED) is 0.759. The van der Waals surface area contributed by atoms with Crippen LogP contribution in [-0.4, -0.2) is 12.0 Å². The SMILES string of the molecule is CC.CNCc1c(C)cc(C)nc1N. The monoisotopic (exact) mass is 195 g/mol. The van der Waals surface area contributed by atoms with E-state index in [1.54, 1.807) is 0 Å². The molecule has 0 unspecified atom stereocenters. The maximum absolute atomic E-state index is 5.76. The van der Waals surface area contributed by atoms with Crippen molar-refractivity contribution in [2.45, 2.75) is 34.2 Å². The molecule has 3 nitrogen and oxygen atoms in total. The fraction of sp³-hybridized carbons (Fsp3) is 0.545. The van der Waals surface area contributed by atoms with Gasteiger partial charge in [-0.1, -0.05) is 13.8 Å². The highest BCUT2D eigenvalue weighted by Crippen LogP contribution is 2.14. The van der Waals surface area contributed by atoms with Crippen LogP contribution in [0.25, 0.3) is 0 Å². The molecule has 1 aromatic rings. The van der Waals surface area contributed by atoms with Crippen LogP contribution in [0.1, 0.15) is 30.7 Å².